The van der Waals surface area contributed by atoms with Crippen LogP contribution < -0.4 is 0 Å². The van der Waals surface area contributed by atoms with Gasteiger partial charge in [-0.1, -0.05) is 6.07 Å². The average molecular weight is 317 g/mol. The standard InChI is InChI=1S/C14H14F3NO4/c1-7-5-18(6-11(22-7)14(20)21)13(19)9-3-2-8(12(16)17)4-10(9)15/h2-4,7,11-12H,5-6H2,1H3,(H,20,21)/t7-,11-/m1/s1. The molecule has 1 saturated heterocycles. The molecule has 1 heterocycles. The minimum Gasteiger partial charge on any atom is -0.479 e. The van der Waals surface area contributed by atoms with Gasteiger partial charge < -0.3 is 14.7 Å². The first-order chi connectivity index (χ1) is 10.3. The molecule has 0 radical (unpaired) electrons. The lowest BCUT2D eigenvalue weighted by Gasteiger charge is -2.35. The summed E-state index contributed by atoms with van der Waals surface area (Å²) in [6, 6.07) is 2.56. The van der Waals surface area contributed by atoms with Crippen molar-refractivity contribution in [3.05, 3.63) is 35.1 Å². The van der Waals surface area contributed by atoms with Gasteiger partial charge >= 0.3 is 5.97 Å². The molecule has 1 N–H and O–H groups in total. The Balaban J connectivity index is 2.22. The van der Waals surface area contributed by atoms with Crippen LogP contribution in [-0.4, -0.2) is 47.2 Å². The zero-order valence-electron chi connectivity index (χ0n) is 11.6. The van der Waals surface area contributed by atoms with E-state index in [-0.39, 0.29) is 18.7 Å². The summed E-state index contributed by atoms with van der Waals surface area (Å²) in [5, 5.41) is 8.96. The van der Waals surface area contributed by atoms with Crippen molar-refractivity contribution in [2.45, 2.75) is 25.6 Å². The monoisotopic (exact) mass is 317 g/mol. The van der Waals surface area contributed by atoms with Crippen LogP contribution in [0.5, 0.6) is 0 Å². The fraction of sp³-hybridized carbons (Fsp3) is 0.429. The molecule has 1 aromatic carbocycles. The molecular formula is C14H14F3NO4. The van der Waals surface area contributed by atoms with Crippen LogP contribution in [0.2, 0.25) is 0 Å². The molecular weight excluding hydrogens is 303 g/mol. The molecule has 0 unspecified atom stereocenters. The third-order valence-electron chi connectivity index (χ3n) is 3.30. The van der Waals surface area contributed by atoms with Crippen LogP contribution in [0, 0.1) is 5.82 Å². The van der Waals surface area contributed by atoms with Gasteiger partial charge in [-0.3, -0.25) is 4.79 Å². The van der Waals surface area contributed by atoms with Crippen molar-refractivity contribution in [1.82, 2.24) is 4.90 Å². The van der Waals surface area contributed by atoms with Crippen LogP contribution >= 0.6 is 0 Å². The SMILES string of the molecule is C[C@@H]1CN(C(=O)c2ccc(C(F)F)cc2F)C[C@H](C(=O)O)O1. The molecule has 120 valence electrons. The molecule has 0 aromatic heterocycles. The fourth-order valence-corrected chi connectivity index (χ4v) is 2.26. The number of halogens is 3. The topological polar surface area (TPSA) is 66.8 Å². The van der Waals surface area contributed by atoms with Crippen LogP contribution in [0.3, 0.4) is 0 Å². The van der Waals surface area contributed by atoms with Gasteiger partial charge in [-0.2, -0.15) is 0 Å². The second-order valence-electron chi connectivity index (χ2n) is 5.02. The quantitative estimate of drug-likeness (QED) is 0.927. The predicted octanol–water partition coefficient (Wildman–Crippen LogP) is 2.08. The number of ether oxygens (including phenoxy) is 1. The molecule has 2 atom stereocenters. The van der Waals surface area contributed by atoms with Gasteiger partial charge in [-0.15, -0.1) is 0 Å². The Morgan fingerprint density at radius 1 is 1.36 bits per heavy atom. The van der Waals surface area contributed by atoms with E-state index in [9.17, 15) is 22.8 Å². The fourth-order valence-electron chi connectivity index (χ4n) is 2.26. The number of carbonyl (C=O) groups excluding carboxylic acids is 1. The Labute approximate surface area is 124 Å². The third-order valence-corrected chi connectivity index (χ3v) is 3.30. The van der Waals surface area contributed by atoms with Gasteiger partial charge in [0.05, 0.1) is 18.2 Å². The first kappa shape index (κ1) is 16.3. The zero-order chi connectivity index (χ0) is 16.4. The predicted molar refractivity (Wildman–Crippen MR) is 69.2 cm³/mol. The average Bonchev–Trinajstić information content (AvgIpc) is 2.45. The summed E-state index contributed by atoms with van der Waals surface area (Å²) in [4.78, 5) is 24.4. The van der Waals surface area contributed by atoms with Crippen LogP contribution in [0.25, 0.3) is 0 Å². The summed E-state index contributed by atoms with van der Waals surface area (Å²) < 4.78 is 44.0. The van der Waals surface area contributed by atoms with E-state index in [4.69, 9.17) is 9.84 Å². The lowest BCUT2D eigenvalue weighted by atomic mass is 10.1. The van der Waals surface area contributed by atoms with E-state index in [1.54, 1.807) is 6.92 Å². The van der Waals surface area contributed by atoms with E-state index in [1.807, 2.05) is 0 Å². The van der Waals surface area contributed by atoms with E-state index in [2.05, 4.69) is 0 Å². The number of amides is 1. The molecule has 8 heteroatoms. The molecule has 1 aliphatic rings. The van der Waals surface area contributed by atoms with Crippen molar-refractivity contribution in [3.8, 4) is 0 Å². The smallest absolute Gasteiger partial charge is 0.334 e. The van der Waals surface area contributed by atoms with E-state index in [0.29, 0.717) is 6.07 Å². The van der Waals surface area contributed by atoms with Crippen molar-refractivity contribution in [2.75, 3.05) is 13.1 Å². The molecule has 1 aromatic rings. The van der Waals surface area contributed by atoms with Crippen molar-refractivity contribution in [2.24, 2.45) is 0 Å². The molecule has 0 bridgehead atoms. The second kappa shape index (κ2) is 6.35. The largest absolute Gasteiger partial charge is 0.479 e. The number of carbonyl (C=O) groups is 2. The molecule has 1 fully saturated rings. The van der Waals surface area contributed by atoms with Gasteiger partial charge in [0, 0.05) is 12.1 Å². The third kappa shape index (κ3) is 3.38. The number of carboxylic acids is 1. The van der Waals surface area contributed by atoms with Gasteiger partial charge in [0.1, 0.15) is 5.82 Å². The number of rotatable bonds is 3. The molecule has 0 spiro atoms. The molecule has 2 rings (SSSR count). The van der Waals surface area contributed by atoms with Gasteiger partial charge in [0.2, 0.25) is 0 Å². The lowest BCUT2D eigenvalue weighted by molar-refractivity contribution is -0.160. The van der Waals surface area contributed by atoms with Crippen LogP contribution in [0.15, 0.2) is 18.2 Å². The maximum Gasteiger partial charge on any atom is 0.334 e. The van der Waals surface area contributed by atoms with Crippen molar-refractivity contribution >= 4 is 11.9 Å². The highest BCUT2D eigenvalue weighted by Crippen LogP contribution is 2.23. The maximum atomic E-state index is 13.8. The van der Waals surface area contributed by atoms with Gasteiger partial charge in [0.25, 0.3) is 12.3 Å². The van der Waals surface area contributed by atoms with Crippen LogP contribution in [-0.2, 0) is 9.53 Å². The van der Waals surface area contributed by atoms with Crippen LogP contribution in [0.4, 0.5) is 13.2 Å². The minimum atomic E-state index is -2.83. The number of hydrogen-bond donors (Lipinski definition) is 1. The first-order valence-corrected chi connectivity index (χ1v) is 6.54. The maximum absolute atomic E-state index is 13.8. The highest BCUT2D eigenvalue weighted by molar-refractivity contribution is 5.95. The molecule has 1 aliphatic heterocycles. The Hall–Kier alpha value is -2.09. The molecule has 0 saturated carbocycles. The Kier molecular flexibility index (Phi) is 4.70. The number of carboxylic acid groups (broad SMARTS) is 1. The number of aliphatic carboxylic acids is 1. The molecule has 22 heavy (non-hydrogen) atoms. The zero-order valence-corrected chi connectivity index (χ0v) is 11.6. The van der Waals surface area contributed by atoms with Crippen molar-refractivity contribution in [3.63, 3.8) is 0 Å². The lowest BCUT2D eigenvalue weighted by Crippen LogP contribution is -2.51. The summed E-state index contributed by atoms with van der Waals surface area (Å²) in [5.74, 6) is -3.04. The van der Waals surface area contributed by atoms with Crippen molar-refractivity contribution < 1.29 is 32.6 Å². The molecule has 1 amide bonds. The summed E-state index contributed by atoms with van der Waals surface area (Å²) in [6.07, 6.45) is -4.56. The minimum absolute atomic E-state index is 0.0959. The van der Waals surface area contributed by atoms with E-state index < -0.39 is 41.9 Å². The molecule has 0 aliphatic carbocycles. The second-order valence-corrected chi connectivity index (χ2v) is 5.02. The van der Waals surface area contributed by atoms with E-state index >= 15 is 0 Å². The summed E-state index contributed by atoms with van der Waals surface area (Å²) >= 11 is 0. The normalized spacial score (nSPS) is 22.0. The Bertz CT molecular complexity index is 593. The van der Waals surface area contributed by atoms with Gasteiger partial charge in [0.15, 0.2) is 6.10 Å². The van der Waals surface area contributed by atoms with Gasteiger partial charge in [-0.05, 0) is 19.1 Å². The van der Waals surface area contributed by atoms with Gasteiger partial charge in [-0.25, -0.2) is 18.0 Å². The number of morpholine rings is 1. The van der Waals surface area contributed by atoms with Crippen molar-refractivity contribution in [1.29, 1.82) is 0 Å². The first-order valence-electron chi connectivity index (χ1n) is 6.54. The number of benzene rings is 1. The van der Waals surface area contributed by atoms with E-state index in [0.717, 1.165) is 17.0 Å². The van der Waals surface area contributed by atoms with E-state index in [1.165, 1.54) is 0 Å². The summed E-state index contributed by atoms with van der Waals surface area (Å²) in [7, 11) is 0. The Morgan fingerprint density at radius 2 is 2.05 bits per heavy atom. The number of alkyl halides is 2. The highest BCUT2D eigenvalue weighted by Gasteiger charge is 2.33. The number of hydrogen-bond acceptors (Lipinski definition) is 3. The highest BCUT2D eigenvalue weighted by atomic mass is 19.3. The Morgan fingerprint density at radius 3 is 2.59 bits per heavy atom. The summed E-state index contributed by atoms with van der Waals surface area (Å²) in [5.41, 5.74) is -0.893. The summed E-state index contributed by atoms with van der Waals surface area (Å²) in [6.45, 7) is 1.46. The van der Waals surface area contributed by atoms with Crippen LogP contribution in [0.1, 0.15) is 29.3 Å². The molecule has 5 nitrogen and oxygen atoms in total. The number of nitrogens with zero attached hydrogens (tertiary/aromatic N) is 1.